The number of benzene rings is 2. The Balaban J connectivity index is 2.14. The van der Waals surface area contributed by atoms with Gasteiger partial charge in [-0.2, -0.15) is 0 Å². The molecule has 0 saturated carbocycles. The van der Waals surface area contributed by atoms with Crippen molar-refractivity contribution in [3.05, 3.63) is 65.7 Å². The molecule has 0 unspecified atom stereocenters. The summed E-state index contributed by atoms with van der Waals surface area (Å²) in [5, 5.41) is 8.67. The first-order chi connectivity index (χ1) is 10.2. The molecule has 0 aromatic heterocycles. The van der Waals surface area contributed by atoms with Gasteiger partial charge in [0.1, 0.15) is 18.1 Å². The molecule has 2 rings (SSSR count). The third kappa shape index (κ3) is 4.69. The van der Waals surface area contributed by atoms with Crippen molar-refractivity contribution in [3.8, 4) is 11.5 Å². The summed E-state index contributed by atoms with van der Waals surface area (Å²) in [6.07, 6.45) is 2.58. The molecule has 0 atom stereocenters. The van der Waals surface area contributed by atoms with E-state index in [2.05, 4.69) is 0 Å². The van der Waals surface area contributed by atoms with Crippen LogP contribution in [0.3, 0.4) is 0 Å². The zero-order chi connectivity index (χ0) is 15.1. The lowest BCUT2D eigenvalue weighted by molar-refractivity contribution is -0.131. The van der Waals surface area contributed by atoms with Gasteiger partial charge in [0.05, 0.1) is 7.11 Å². The Morgan fingerprint density at radius 3 is 2.52 bits per heavy atom. The molecule has 0 aliphatic rings. The maximum atomic E-state index is 10.6. The number of ether oxygens (including phenoxy) is 2. The number of methoxy groups -OCH3 is 1. The Hall–Kier alpha value is -2.75. The highest BCUT2D eigenvalue weighted by atomic mass is 16.5. The molecule has 0 radical (unpaired) electrons. The number of hydrogen-bond donors (Lipinski definition) is 1. The average Bonchev–Trinajstić information content (AvgIpc) is 2.51. The zero-order valence-corrected chi connectivity index (χ0v) is 11.7. The molecule has 0 heterocycles. The second-order valence-electron chi connectivity index (χ2n) is 4.39. The minimum atomic E-state index is -0.996. The molecule has 108 valence electrons. The van der Waals surface area contributed by atoms with Gasteiger partial charge in [0.25, 0.3) is 0 Å². The largest absolute Gasteiger partial charge is 0.497 e. The quantitative estimate of drug-likeness (QED) is 0.826. The number of rotatable bonds is 6. The smallest absolute Gasteiger partial charge is 0.328 e. The second kappa shape index (κ2) is 7.14. The van der Waals surface area contributed by atoms with E-state index < -0.39 is 5.97 Å². The Labute approximate surface area is 123 Å². The van der Waals surface area contributed by atoms with Gasteiger partial charge < -0.3 is 14.6 Å². The van der Waals surface area contributed by atoms with Gasteiger partial charge in [0.2, 0.25) is 0 Å². The SMILES string of the molecule is COc1cc(/C=C/C(=O)O)cc(OCc2ccccc2)c1. The third-order valence-corrected chi connectivity index (χ3v) is 2.80. The van der Waals surface area contributed by atoms with Crippen molar-refractivity contribution in [2.24, 2.45) is 0 Å². The van der Waals surface area contributed by atoms with Crippen LogP contribution in [0.15, 0.2) is 54.6 Å². The molecule has 0 fully saturated rings. The molecule has 21 heavy (non-hydrogen) atoms. The summed E-state index contributed by atoms with van der Waals surface area (Å²) in [6.45, 7) is 0.441. The predicted molar refractivity (Wildman–Crippen MR) is 80.4 cm³/mol. The molecule has 0 aliphatic carbocycles. The monoisotopic (exact) mass is 284 g/mol. The Morgan fingerprint density at radius 1 is 1.14 bits per heavy atom. The van der Waals surface area contributed by atoms with Gasteiger partial charge in [-0.3, -0.25) is 0 Å². The summed E-state index contributed by atoms with van der Waals surface area (Å²) in [4.78, 5) is 10.6. The molecule has 4 nitrogen and oxygen atoms in total. The van der Waals surface area contributed by atoms with Gasteiger partial charge >= 0.3 is 5.97 Å². The van der Waals surface area contributed by atoms with Crippen LogP contribution in [0.2, 0.25) is 0 Å². The number of hydrogen-bond acceptors (Lipinski definition) is 3. The van der Waals surface area contributed by atoms with Gasteiger partial charge in [0.15, 0.2) is 0 Å². The molecule has 0 spiro atoms. The van der Waals surface area contributed by atoms with Crippen molar-refractivity contribution in [2.75, 3.05) is 7.11 Å². The minimum absolute atomic E-state index is 0.441. The van der Waals surface area contributed by atoms with Crippen molar-refractivity contribution in [2.45, 2.75) is 6.61 Å². The molecular weight excluding hydrogens is 268 g/mol. The van der Waals surface area contributed by atoms with E-state index in [1.165, 1.54) is 6.08 Å². The van der Waals surface area contributed by atoms with Crippen LogP contribution in [-0.2, 0) is 11.4 Å². The molecule has 0 bridgehead atoms. The fourth-order valence-electron chi connectivity index (χ4n) is 1.80. The molecule has 0 amide bonds. The van der Waals surface area contributed by atoms with Crippen LogP contribution in [0.5, 0.6) is 11.5 Å². The Morgan fingerprint density at radius 2 is 1.86 bits per heavy atom. The number of carboxylic acids is 1. The molecule has 1 N–H and O–H groups in total. The summed E-state index contributed by atoms with van der Waals surface area (Å²) in [5.41, 5.74) is 1.77. The first kappa shape index (κ1) is 14.7. The zero-order valence-electron chi connectivity index (χ0n) is 11.7. The lowest BCUT2D eigenvalue weighted by atomic mass is 10.2. The molecule has 0 saturated heterocycles. The number of carboxylic acid groups (broad SMARTS) is 1. The third-order valence-electron chi connectivity index (χ3n) is 2.80. The molecule has 0 aliphatic heterocycles. The highest BCUT2D eigenvalue weighted by Crippen LogP contribution is 2.24. The summed E-state index contributed by atoms with van der Waals surface area (Å²) in [6, 6.07) is 15.1. The van der Waals surface area contributed by atoms with E-state index in [1.807, 2.05) is 30.3 Å². The molecule has 2 aromatic rings. The van der Waals surface area contributed by atoms with Crippen LogP contribution in [-0.4, -0.2) is 18.2 Å². The predicted octanol–water partition coefficient (Wildman–Crippen LogP) is 3.37. The normalized spacial score (nSPS) is 10.5. The lowest BCUT2D eigenvalue weighted by Crippen LogP contribution is -1.96. The van der Waals surface area contributed by atoms with Crippen LogP contribution in [0, 0.1) is 0 Å². The van der Waals surface area contributed by atoms with Crippen LogP contribution < -0.4 is 9.47 Å². The topological polar surface area (TPSA) is 55.8 Å². The highest BCUT2D eigenvalue weighted by Gasteiger charge is 2.02. The molecular formula is C17H16O4. The van der Waals surface area contributed by atoms with Gasteiger partial charge in [-0.25, -0.2) is 4.79 Å². The van der Waals surface area contributed by atoms with Crippen molar-refractivity contribution in [1.29, 1.82) is 0 Å². The van der Waals surface area contributed by atoms with Crippen LogP contribution in [0.25, 0.3) is 6.08 Å². The Kier molecular flexibility index (Phi) is 4.99. The molecule has 2 aromatic carbocycles. The molecule has 4 heteroatoms. The summed E-state index contributed by atoms with van der Waals surface area (Å²) < 4.78 is 10.9. The van der Waals surface area contributed by atoms with Gasteiger partial charge in [-0.1, -0.05) is 30.3 Å². The summed E-state index contributed by atoms with van der Waals surface area (Å²) >= 11 is 0. The first-order valence-electron chi connectivity index (χ1n) is 6.44. The minimum Gasteiger partial charge on any atom is -0.497 e. The van der Waals surface area contributed by atoms with E-state index in [0.717, 1.165) is 11.6 Å². The van der Waals surface area contributed by atoms with E-state index in [4.69, 9.17) is 14.6 Å². The van der Waals surface area contributed by atoms with Gasteiger partial charge in [-0.05, 0) is 29.3 Å². The average molecular weight is 284 g/mol. The summed E-state index contributed by atoms with van der Waals surface area (Å²) in [5.74, 6) is 0.249. The fraction of sp³-hybridized carbons (Fsp3) is 0.118. The van der Waals surface area contributed by atoms with E-state index in [1.54, 1.807) is 25.3 Å². The standard InChI is InChI=1S/C17H16O4/c1-20-15-9-14(7-8-17(18)19)10-16(11-15)21-12-13-5-3-2-4-6-13/h2-11H,12H2,1H3,(H,18,19)/b8-7+. The maximum Gasteiger partial charge on any atom is 0.328 e. The van der Waals surface area contributed by atoms with E-state index in [9.17, 15) is 4.79 Å². The van der Waals surface area contributed by atoms with Crippen LogP contribution in [0.1, 0.15) is 11.1 Å². The van der Waals surface area contributed by atoms with Gasteiger partial charge in [-0.15, -0.1) is 0 Å². The van der Waals surface area contributed by atoms with E-state index in [-0.39, 0.29) is 0 Å². The second-order valence-corrected chi connectivity index (χ2v) is 4.39. The van der Waals surface area contributed by atoms with Crippen LogP contribution in [0.4, 0.5) is 0 Å². The van der Waals surface area contributed by atoms with E-state index >= 15 is 0 Å². The maximum absolute atomic E-state index is 10.6. The van der Waals surface area contributed by atoms with Gasteiger partial charge in [0, 0.05) is 12.1 Å². The lowest BCUT2D eigenvalue weighted by Gasteiger charge is -2.09. The van der Waals surface area contributed by atoms with Crippen molar-refractivity contribution in [3.63, 3.8) is 0 Å². The number of aliphatic carboxylic acids is 1. The highest BCUT2D eigenvalue weighted by molar-refractivity contribution is 5.85. The summed E-state index contributed by atoms with van der Waals surface area (Å²) in [7, 11) is 1.56. The fourth-order valence-corrected chi connectivity index (χ4v) is 1.80. The van der Waals surface area contributed by atoms with Crippen LogP contribution >= 0.6 is 0 Å². The van der Waals surface area contributed by atoms with Crippen molar-refractivity contribution in [1.82, 2.24) is 0 Å². The first-order valence-corrected chi connectivity index (χ1v) is 6.44. The van der Waals surface area contributed by atoms with Crippen molar-refractivity contribution < 1.29 is 19.4 Å². The van der Waals surface area contributed by atoms with E-state index in [0.29, 0.717) is 23.7 Å². The number of carbonyl (C=O) groups is 1. The van der Waals surface area contributed by atoms with Crippen molar-refractivity contribution >= 4 is 12.0 Å². The Bertz CT molecular complexity index is 632.